The highest BCUT2D eigenvalue weighted by Crippen LogP contribution is 2.29. The molecule has 0 aliphatic rings. The molecule has 0 bridgehead atoms. The van der Waals surface area contributed by atoms with Crippen LogP contribution in [0.15, 0.2) is 12.1 Å². The van der Waals surface area contributed by atoms with E-state index in [1.54, 1.807) is 6.07 Å². The number of anilines is 2. The molecule has 1 aromatic carbocycles. The number of hydrogen-bond acceptors (Lipinski definition) is 3. The van der Waals surface area contributed by atoms with Gasteiger partial charge in [-0.25, -0.2) is 4.79 Å². The summed E-state index contributed by atoms with van der Waals surface area (Å²) in [4.78, 5) is 11.1. The Morgan fingerprint density at radius 3 is 2.76 bits per heavy atom. The minimum absolute atomic E-state index is 0.117. The van der Waals surface area contributed by atoms with Crippen molar-refractivity contribution in [3.63, 3.8) is 0 Å². The third kappa shape index (κ3) is 3.82. The molecule has 0 radical (unpaired) electrons. The molecule has 4 nitrogen and oxygen atoms in total. The maximum atomic E-state index is 11.1. The highest BCUT2D eigenvalue weighted by molar-refractivity contribution is 6.34. The van der Waals surface area contributed by atoms with Crippen LogP contribution < -0.4 is 11.1 Å². The fourth-order valence-electron chi connectivity index (χ4n) is 1.56. The van der Waals surface area contributed by atoms with E-state index in [-0.39, 0.29) is 5.56 Å². The molecule has 17 heavy (non-hydrogen) atoms. The third-order valence-corrected chi connectivity index (χ3v) is 2.72. The molecule has 1 aromatic rings. The fourth-order valence-corrected chi connectivity index (χ4v) is 1.86. The van der Waals surface area contributed by atoms with Gasteiger partial charge in [0.2, 0.25) is 0 Å². The lowest BCUT2D eigenvalue weighted by Gasteiger charge is -2.12. The van der Waals surface area contributed by atoms with E-state index in [1.807, 2.05) is 0 Å². The second-order valence-corrected chi connectivity index (χ2v) is 4.27. The van der Waals surface area contributed by atoms with Gasteiger partial charge in [0.25, 0.3) is 0 Å². The van der Waals surface area contributed by atoms with Crippen molar-refractivity contribution in [2.45, 2.75) is 26.2 Å². The van der Waals surface area contributed by atoms with Crippen molar-refractivity contribution in [2.75, 3.05) is 17.6 Å². The normalized spacial score (nSPS) is 10.2. The first-order valence-electron chi connectivity index (χ1n) is 5.62. The Morgan fingerprint density at radius 1 is 1.47 bits per heavy atom. The van der Waals surface area contributed by atoms with Crippen LogP contribution in [0.4, 0.5) is 11.4 Å². The number of nitrogens with one attached hydrogen (secondary N) is 1. The summed E-state index contributed by atoms with van der Waals surface area (Å²) in [5, 5.41) is 12.5. The average Bonchev–Trinajstić information content (AvgIpc) is 2.25. The summed E-state index contributed by atoms with van der Waals surface area (Å²) >= 11 is 5.99. The summed E-state index contributed by atoms with van der Waals surface area (Å²) in [6.07, 6.45) is 3.20. The molecule has 0 saturated heterocycles. The van der Waals surface area contributed by atoms with E-state index >= 15 is 0 Å². The molecule has 0 fully saturated rings. The number of nitrogen functional groups attached to an aromatic ring is 1. The quantitative estimate of drug-likeness (QED) is 0.540. The lowest BCUT2D eigenvalue weighted by Crippen LogP contribution is -2.09. The van der Waals surface area contributed by atoms with Gasteiger partial charge in [-0.05, 0) is 18.6 Å². The zero-order chi connectivity index (χ0) is 12.8. The van der Waals surface area contributed by atoms with Gasteiger partial charge in [-0.1, -0.05) is 31.4 Å². The third-order valence-electron chi connectivity index (χ3n) is 2.43. The molecule has 1 rings (SSSR count). The minimum atomic E-state index is -1.03. The van der Waals surface area contributed by atoms with Gasteiger partial charge in [0, 0.05) is 12.2 Å². The van der Waals surface area contributed by atoms with Gasteiger partial charge in [0.1, 0.15) is 0 Å². The highest BCUT2D eigenvalue weighted by Gasteiger charge is 2.14. The van der Waals surface area contributed by atoms with Crippen LogP contribution in [0.2, 0.25) is 5.02 Å². The number of nitrogens with two attached hydrogens (primary N) is 1. The number of halogens is 1. The molecule has 0 atom stereocenters. The van der Waals surface area contributed by atoms with E-state index in [2.05, 4.69) is 12.2 Å². The van der Waals surface area contributed by atoms with Gasteiger partial charge in [-0.3, -0.25) is 0 Å². The van der Waals surface area contributed by atoms with Gasteiger partial charge >= 0.3 is 5.97 Å². The number of carboxylic acids is 1. The van der Waals surface area contributed by atoms with Crippen LogP contribution in [0.5, 0.6) is 0 Å². The maximum absolute atomic E-state index is 11.1. The van der Waals surface area contributed by atoms with Crippen molar-refractivity contribution in [3.8, 4) is 0 Å². The molecular weight excluding hydrogens is 240 g/mol. The molecule has 0 heterocycles. The zero-order valence-electron chi connectivity index (χ0n) is 9.79. The van der Waals surface area contributed by atoms with Gasteiger partial charge in [0.15, 0.2) is 0 Å². The first kappa shape index (κ1) is 13.6. The van der Waals surface area contributed by atoms with Crippen LogP contribution in [-0.2, 0) is 0 Å². The maximum Gasteiger partial charge on any atom is 0.337 e. The number of benzene rings is 1. The van der Waals surface area contributed by atoms with Crippen LogP contribution in [0.1, 0.15) is 36.5 Å². The Bertz CT molecular complexity index is 408. The summed E-state index contributed by atoms with van der Waals surface area (Å²) in [5.74, 6) is -1.03. The Morgan fingerprint density at radius 2 is 2.18 bits per heavy atom. The Hall–Kier alpha value is -1.42. The van der Waals surface area contributed by atoms with Crippen molar-refractivity contribution in [1.82, 2.24) is 0 Å². The summed E-state index contributed by atoms with van der Waals surface area (Å²) < 4.78 is 0. The molecule has 0 aromatic heterocycles. The van der Waals surface area contributed by atoms with Crippen LogP contribution >= 0.6 is 11.6 Å². The Balaban J connectivity index is 2.85. The Kier molecular flexibility index (Phi) is 5.10. The van der Waals surface area contributed by atoms with Crippen molar-refractivity contribution < 1.29 is 9.90 Å². The molecule has 0 amide bonds. The summed E-state index contributed by atoms with van der Waals surface area (Å²) in [6, 6.07) is 2.96. The monoisotopic (exact) mass is 256 g/mol. The zero-order valence-corrected chi connectivity index (χ0v) is 10.5. The largest absolute Gasteiger partial charge is 0.478 e. The predicted octanol–water partition coefficient (Wildman–Crippen LogP) is 3.22. The smallest absolute Gasteiger partial charge is 0.337 e. The Labute approximate surface area is 106 Å². The van der Waals surface area contributed by atoms with Gasteiger partial charge < -0.3 is 16.2 Å². The second kappa shape index (κ2) is 6.35. The SMILES string of the molecule is CCCCCNc1c(Cl)cc(N)cc1C(=O)O. The summed E-state index contributed by atoms with van der Waals surface area (Å²) in [5.41, 5.74) is 6.49. The number of rotatable bonds is 6. The molecule has 0 spiro atoms. The van der Waals surface area contributed by atoms with Crippen molar-refractivity contribution in [3.05, 3.63) is 22.7 Å². The number of carboxylic acid groups (broad SMARTS) is 1. The molecular formula is C12H17ClN2O2. The predicted molar refractivity (Wildman–Crippen MR) is 70.8 cm³/mol. The number of carbonyl (C=O) groups is 1. The van der Waals surface area contributed by atoms with E-state index in [1.165, 1.54) is 6.07 Å². The van der Waals surface area contributed by atoms with E-state index in [0.29, 0.717) is 22.9 Å². The molecule has 5 heteroatoms. The first-order chi connectivity index (χ1) is 8.06. The topological polar surface area (TPSA) is 75.3 Å². The number of unbranched alkanes of at least 4 members (excludes halogenated alkanes) is 2. The van der Waals surface area contributed by atoms with E-state index in [0.717, 1.165) is 19.3 Å². The van der Waals surface area contributed by atoms with Crippen LogP contribution in [0, 0.1) is 0 Å². The fraction of sp³-hybridized carbons (Fsp3) is 0.417. The first-order valence-corrected chi connectivity index (χ1v) is 6.00. The molecule has 0 unspecified atom stereocenters. The van der Waals surface area contributed by atoms with Gasteiger partial charge in [-0.15, -0.1) is 0 Å². The minimum Gasteiger partial charge on any atom is -0.478 e. The molecule has 4 N–H and O–H groups in total. The van der Waals surface area contributed by atoms with Crippen molar-refractivity contribution in [2.24, 2.45) is 0 Å². The summed E-state index contributed by atoms with van der Waals surface area (Å²) in [7, 11) is 0. The van der Waals surface area contributed by atoms with Crippen LogP contribution in [0.3, 0.4) is 0 Å². The lowest BCUT2D eigenvalue weighted by molar-refractivity contribution is 0.0698. The van der Waals surface area contributed by atoms with E-state index < -0.39 is 5.97 Å². The molecule has 0 aliphatic carbocycles. The second-order valence-electron chi connectivity index (χ2n) is 3.86. The summed E-state index contributed by atoms with van der Waals surface area (Å²) in [6.45, 7) is 2.82. The van der Waals surface area contributed by atoms with Crippen LogP contribution in [0.25, 0.3) is 0 Å². The standard InChI is InChI=1S/C12H17ClN2O2/c1-2-3-4-5-15-11-9(12(16)17)6-8(14)7-10(11)13/h6-7,15H,2-5,14H2,1H3,(H,16,17). The average molecular weight is 257 g/mol. The highest BCUT2D eigenvalue weighted by atomic mass is 35.5. The van der Waals surface area contributed by atoms with Crippen LogP contribution in [-0.4, -0.2) is 17.6 Å². The molecule has 94 valence electrons. The van der Waals surface area contributed by atoms with Crippen molar-refractivity contribution >= 4 is 28.9 Å². The molecule has 0 saturated carbocycles. The van der Waals surface area contributed by atoms with Gasteiger partial charge in [-0.2, -0.15) is 0 Å². The van der Waals surface area contributed by atoms with Crippen molar-refractivity contribution in [1.29, 1.82) is 0 Å². The van der Waals surface area contributed by atoms with E-state index in [4.69, 9.17) is 22.4 Å². The van der Waals surface area contributed by atoms with E-state index in [9.17, 15) is 4.79 Å². The number of hydrogen-bond donors (Lipinski definition) is 3. The van der Waals surface area contributed by atoms with Gasteiger partial charge in [0.05, 0.1) is 16.3 Å². The lowest BCUT2D eigenvalue weighted by atomic mass is 10.1. The molecule has 0 aliphatic heterocycles. The number of aromatic carboxylic acids is 1.